The third-order valence-electron chi connectivity index (χ3n) is 4.09. The Bertz CT molecular complexity index is 627. The van der Waals surface area contributed by atoms with Gasteiger partial charge in [-0.25, -0.2) is 0 Å². The molecule has 1 fully saturated rings. The highest BCUT2D eigenvalue weighted by Crippen LogP contribution is 2.47. The zero-order chi connectivity index (χ0) is 13.8. The van der Waals surface area contributed by atoms with Crippen LogP contribution in [0.15, 0.2) is 54.6 Å². The fraction of sp³-hybridized carbons (Fsp3) is 0.278. The molecule has 2 aromatic rings. The van der Waals surface area contributed by atoms with E-state index in [4.69, 9.17) is 5.26 Å². The molecule has 2 aromatic carbocycles. The van der Waals surface area contributed by atoms with Gasteiger partial charge in [0.05, 0.1) is 11.6 Å². The second-order valence-corrected chi connectivity index (χ2v) is 5.56. The molecule has 0 amide bonds. The lowest BCUT2D eigenvalue weighted by Gasteiger charge is -2.16. The monoisotopic (exact) mass is 298 g/mol. The van der Waals surface area contributed by atoms with Crippen molar-refractivity contribution in [3.8, 4) is 6.07 Å². The Labute approximate surface area is 132 Å². The van der Waals surface area contributed by atoms with Crippen LogP contribution in [-0.4, -0.2) is 6.54 Å². The summed E-state index contributed by atoms with van der Waals surface area (Å²) in [5, 5.41) is 12.4. The van der Waals surface area contributed by atoms with E-state index in [1.54, 1.807) is 0 Å². The van der Waals surface area contributed by atoms with Crippen molar-refractivity contribution < 1.29 is 0 Å². The molecule has 0 unspecified atom stereocenters. The molecule has 3 heteroatoms. The molecule has 0 atom stereocenters. The van der Waals surface area contributed by atoms with Crippen LogP contribution in [0.4, 0.5) is 0 Å². The standard InChI is InChI=1S/C18H18N2.ClH/c19-12-15-5-4-6-16(11-15)13-20-14-18(9-10-18)17-7-2-1-3-8-17;/h1-8,11,20H,9-10,13-14H2;1H. The van der Waals surface area contributed by atoms with Crippen molar-refractivity contribution in [2.45, 2.75) is 24.8 Å². The molecular formula is C18H19ClN2. The van der Waals surface area contributed by atoms with Crippen LogP contribution in [0.2, 0.25) is 0 Å². The molecule has 0 aliphatic heterocycles. The zero-order valence-electron chi connectivity index (χ0n) is 11.9. The molecule has 1 N–H and O–H groups in total. The van der Waals surface area contributed by atoms with Crippen molar-refractivity contribution in [3.05, 3.63) is 71.3 Å². The first-order valence-corrected chi connectivity index (χ1v) is 7.08. The number of nitrogens with one attached hydrogen (secondary N) is 1. The summed E-state index contributed by atoms with van der Waals surface area (Å²) < 4.78 is 0. The molecule has 0 bridgehead atoms. The molecule has 0 heterocycles. The van der Waals surface area contributed by atoms with Gasteiger partial charge in [-0.1, -0.05) is 42.5 Å². The van der Waals surface area contributed by atoms with Gasteiger partial charge in [0.25, 0.3) is 0 Å². The normalized spacial score (nSPS) is 14.8. The molecule has 0 radical (unpaired) electrons. The van der Waals surface area contributed by atoms with Gasteiger partial charge in [0.2, 0.25) is 0 Å². The van der Waals surface area contributed by atoms with Gasteiger partial charge in [0.1, 0.15) is 0 Å². The molecule has 21 heavy (non-hydrogen) atoms. The fourth-order valence-corrected chi connectivity index (χ4v) is 2.71. The Morgan fingerprint density at radius 3 is 2.48 bits per heavy atom. The highest BCUT2D eigenvalue weighted by Gasteiger charge is 2.43. The van der Waals surface area contributed by atoms with Gasteiger partial charge in [-0.2, -0.15) is 5.26 Å². The largest absolute Gasteiger partial charge is 0.312 e. The first kappa shape index (κ1) is 15.6. The zero-order valence-corrected chi connectivity index (χ0v) is 12.7. The van der Waals surface area contributed by atoms with E-state index >= 15 is 0 Å². The van der Waals surface area contributed by atoms with Gasteiger partial charge < -0.3 is 5.32 Å². The lowest BCUT2D eigenvalue weighted by molar-refractivity contribution is 0.574. The molecular weight excluding hydrogens is 280 g/mol. The number of hydrogen-bond donors (Lipinski definition) is 1. The smallest absolute Gasteiger partial charge is 0.0991 e. The lowest BCUT2D eigenvalue weighted by Crippen LogP contribution is -2.26. The van der Waals surface area contributed by atoms with Crippen molar-refractivity contribution >= 4 is 12.4 Å². The van der Waals surface area contributed by atoms with E-state index in [2.05, 4.69) is 47.8 Å². The number of rotatable bonds is 5. The molecule has 0 aromatic heterocycles. The Morgan fingerprint density at radius 2 is 1.81 bits per heavy atom. The maximum absolute atomic E-state index is 8.90. The Balaban J connectivity index is 0.00000161. The number of hydrogen-bond acceptors (Lipinski definition) is 2. The van der Waals surface area contributed by atoms with Gasteiger partial charge in [0.15, 0.2) is 0 Å². The van der Waals surface area contributed by atoms with Crippen molar-refractivity contribution in [3.63, 3.8) is 0 Å². The van der Waals surface area contributed by atoms with Crippen LogP contribution >= 0.6 is 12.4 Å². The predicted octanol–water partition coefficient (Wildman–Crippen LogP) is 3.80. The van der Waals surface area contributed by atoms with Gasteiger partial charge in [-0.3, -0.25) is 0 Å². The van der Waals surface area contributed by atoms with Gasteiger partial charge in [-0.15, -0.1) is 12.4 Å². The quantitative estimate of drug-likeness (QED) is 0.911. The summed E-state index contributed by atoms with van der Waals surface area (Å²) in [6.07, 6.45) is 2.53. The van der Waals surface area contributed by atoms with E-state index in [1.165, 1.54) is 24.0 Å². The Morgan fingerprint density at radius 1 is 1.05 bits per heavy atom. The van der Waals surface area contributed by atoms with Crippen molar-refractivity contribution in [2.24, 2.45) is 0 Å². The van der Waals surface area contributed by atoms with Crippen LogP contribution in [0.3, 0.4) is 0 Å². The summed E-state index contributed by atoms with van der Waals surface area (Å²) >= 11 is 0. The summed E-state index contributed by atoms with van der Waals surface area (Å²) in [4.78, 5) is 0. The first-order valence-electron chi connectivity index (χ1n) is 7.08. The van der Waals surface area contributed by atoms with Crippen molar-refractivity contribution in [1.82, 2.24) is 5.32 Å². The molecule has 3 rings (SSSR count). The second kappa shape index (κ2) is 6.76. The minimum absolute atomic E-state index is 0. The topological polar surface area (TPSA) is 35.8 Å². The van der Waals surface area contributed by atoms with Gasteiger partial charge in [0, 0.05) is 18.5 Å². The van der Waals surface area contributed by atoms with Crippen molar-refractivity contribution in [1.29, 1.82) is 5.26 Å². The van der Waals surface area contributed by atoms with E-state index < -0.39 is 0 Å². The molecule has 0 saturated heterocycles. The van der Waals surface area contributed by atoms with E-state index in [-0.39, 0.29) is 12.4 Å². The number of halogens is 1. The van der Waals surface area contributed by atoms with Gasteiger partial charge in [-0.05, 0) is 36.1 Å². The fourth-order valence-electron chi connectivity index (χ4n) is 2.71. The van der Waals surface area contributed by atoms with Crippen molar-refractivity contribution in [2.75, 3.05) is 6.54 Å². The van der Waals surface area contributed by atoms with E-state index in [9.17, 15) is 0 Å². The van der Waals surface area contributed by atoms with Crippen LogP contribution < -0.4 is 5.32 Å². The molecule has 1 aliphatic carbocycles. The number of nitriles is 1. The Hall–Kier alpha value is -1.82. The minimum Gasteiger partial charge on any atom is -0.312 e. The Kier molecular flexibility index (Phi) is 5.01. The molecule has 2 nitrogen and oxygen atoms in total. The van der Waals surface area contributed by atoms with Crippen LogP contribution in [0, 0.1) is 11.3 Å². The van der Waals surface area contributed by atoms with E-state index in [1.807, 2.05) is 18.2 Å². The van der Waals surface area contributed by atoms with Crippen LogP contribution in [0.5, 0.6) is 0 Å². The SMILES string of the molecule is Cl.N#Cc1cccc(CNCC2(c3ccccc3)CC2)c1. The molecule has 108 valence electrons. The summed E-state index contributed by atoms with van der Waals surface area (Å²) in [5.41, 5.74) is 3.69. The molecule has 0 spiro atoms. The van der Waals surface area contributed by atoms with Crippen LogP contribution in [0.1, 0.15) is 29.5 Å². The third kappa shape index (κ3) is 3.64. The highest BCUT2D eigenvalue weighted by atomic mass is 35.5. The summed E-state index contributed by atoms with van der Waals surface area (Å²) in [6, 6.07) is 20.7. The molecule has 1 saturated carbocycles. The second-order valence-electron chi connectivity index (χ2n) is 5.56. The highest BCUT2D eigenvalue weighted by molar-refractivity contribution is 5.85. The van der Waals surface area contributed by atoms with Gasteiger partial charge >= 0.3 is 0 Å². The van der Waals surface area contributed by atoms with Crippen LogP contribution in [0.25, 0.3) is 0 Å². The first-order chi connectivity index (χ1) is 9.82. The molecule has 1 aliphatic rings. The maximum atomic E-state index is 8.90. The summed E-state index contributed by atoms with van der Waals surface area (Å²) in [5.74, 6) is 0. The van der Waals surface area contributed by atoms with E-state index in [0.717, 1.165) is 18.7 Å². The summed E-state index contributed by atoms with van der Waals surface area (Å²) in [7, 11) is 0. The minimum atomic E-state index is 0. The average molecular weight is 299 g/mol. The summed E-state index contributed by atoms with van der Waals surface area (Å²) in [6.45, 7) is 1.83. The van der Waals surface area contributed by atoms with E-state index in [0.29, 0.717) is 5.41 Å². The predicted molar refractivity (Wildman–Crippen MR) is 87.5 cm³/mol. The average Bonchev–Trinajstić information content (AvgIpc) is 3.30. The van der Waals surface area contributed by atoms with Crippen LogP contribution in [-0.2, 0) is 12.0 Å². The number of nitrogens with zero attached hydrogens (tertiary/aromatic N) is 1. The lowest BCUT2D eigenvalue weighted by atomic mass is 9.96. The maximum Gasteiger partial charge on any atom is 0.0991 e. The third-order valence-corrected chi connectivity index (χ3v) is 4.09. The number of benzene rings is 2.